The summed E-state index contributed by atoms with van der Waals surface area (Å²) >= 11 is 0. The average molecular weight is 344 g/mol. The van der Waals surface area contributed by atoms with Crippen molar-refractivity contribution in [3.05, 3.63) is 0 Å². The highest BCUT2D eigenvalue weighted by molar-refractivity contribution is 5.86. The van der Waals surface area contributed by atoms with E-state index in [1.807, 2.05) is 6.92 Å². The van der Waals surface area contributed by atoms with Gasteiger partial charge < -0.3 is 18.9 Å². The Hall–Kier alpha value is -1.14. The van der Waals surface area contributed by atoms with Crippen LogP contribution in [0, 0.1) is 0 Å². The third kappa shape index (κ3) is 6.40. The van der Waals surface area contributed by atoms with Crippen molar-refractivity contribution in [3.63, 3.8) is 0 Å². The van der Waals surface area contributed by atoms with Crippen LogP contribution in [0.2, 0.25) is 0 Å². The lowest BCUT2D eigenvalue weighted by Crippen LogP contribution is -2.39. The maximum atomic E-state index is 12.3. The molecule has 6 heteroatoms. The predicted molar refractivity (Wildman–Crippen MR) is 89.4 cm³/mol. The van der Waals surface area contributed by atoms with E-state index in [1.54, 1.807) is 6.92 Å². The van der Waals surface area contributed by atoms with E-state index >= 15 is 0 Å². The molecule has 1 rings (SSSR count). The second-order valence-electron chi connectivity index (χ2n) is 6.31. The normalized spacial score (nSPS) is 26.3. The Bertz CT molecular complexity index is 363. The van der Waals surface area contributed by atoms with Crippen molar-refractivity contribution < 1.29 is 28.5 Å². The van der Waals surface area contributed by atoms with Crippen LogP contribution in [-0.2, 0) is 28.5 Å². The minimum Gasteiger partial charge on any atom is -0.464 e. The van der Waals surface area contributed by atoms with Crippen LogP contribution >= 0.6 is 0 Å². The molecule has 1 aliphatic rings. The second-order valence-corrected chi connectivity index (χ2v) is 6.31. The van der Waals surface area contributed by atoms with Crippen molar-refractivity contribution >= 4 is 11.9 Å². The molecule has 0 saturated carbocycles. The number of carbonyl (C=O) groups is 2. The molecular weight excluding hydrogens is 312 g/mol. The fourth-order valence-corrected chi connectivity index (χ4v) is 2.41. The summed E-state index contributed by atoms with van der Waals surface area (Å²) < 4.78 is 21.8. The van der Waals surface area contributed by atoms with Gasteiger partial charge in [0, 0.05) is 0 Å². The maximum absolute atomic E-state index is 12.3. The van der Waals surface area contributed by atoms with Crippen LogP contribution in [0.25, 0.3) is 0 Å². The Labute approximate surface area is 145 Å². The number of esters is 2. The zero-order valence-corrected chi connectivity index (χ0v) is 15.5. The highest BCUT2D eigenvalue weighted by atomic mass is 16.8. The van der Waals surface area contributed by atoms with Crippen LogP contribution in [-0.4, -0.2) is 43.1 Å². The van der Waals surface area contributed by atoms with Gasteiger partial charge in [-0.3, -0.25) is 0 Å². The Morgan fingerprint density at radius 3 is 1.58 bits per heavy atom. The smallest absolute Gasteiger partial charge is 0.338 e. The van der Waals surface area contributed by atoms with Gasteiger partial charge in [-0.05, 0) is 26.2 Å². The van der Waals surface area contributed by atoms with E-state index in [2.05, 4.69) is 13.8 Å². The van der Waals surface area contributed by atoms with Crippen molar-refractivity contribution in [3.8, 4) is 0 Å². The molecule has 0 aromatic rings. The van der Waals surface area contributed by atoms with Gasteiger partial charge in [-0.15, -0.1) is 0 Å². The second kappa shape index (κ2) is 10.7. The Balaban J connectivity index is 2.60. The molecule has 0 aromatic heterocycles. The van der Waals surface area contributed by atoms with Crippen LogP contribution in [0.15, 0.2) is 0 Å². The average Bonchev–Trinajstić information content (AvgIpc) is 2.94. The van der Waals surface area contributed by atoms with E-state index in [9.17, 15) is 9.59 Å². The largest absolute Gasteiger partial charge is 0.464 e. The van der Waals surface area contributed by atoms with E-state index in [1.165, 1.54) is 0 Å². The van der Waals surface area contributed by atoms with Crippen molar-refractivity contribution in [1.29, 1.82) is 0 Å². The first kappa shape index (κ1) is 20.9. The minimum atomic E-state index is -1.06. The fourth-order valence-electron chi connectivity index (χ4n) is 2.41. The van der Waals surface area contributed by atoms with Crippen molar-refractivity contribution in [1.82, 2.24) is 0 Å². The van der Waals surface area contributed by atoms with Gasteiger partial charge in [-0.1, -0.05) is 46.5 Å². The number of hydrogen-bond donors (Lipinski definition) is 0. The van der Waals surface area contributed by atoms with Crippen molar-refractivity contribution in [2.45, 2.75) is 90.6 Å². The highest BCUT2D eigenvalue weighted by Gasteiger charge is 2.51. The first-order valence-corrected chi connectivity index (χ1v) is 9.16. The maximum Gasteiger partial charge on any atom is 0.338 e. The molecule has 0 aliphatic carbocycles. The summed E-state index contributed by atoms with van der Waals surface area (Å²) in [6.07, 6.45) is 4.07. The van der Waals surface area contributed by atoms with Gasteiger partial charge in [0.2, 0.25) is 0 Å². The van der Waals surface area contributed by atoms with Crippen LogP contribution < -0.4 is 0 Å². The molecule has 24 heavy (non-hydrogen) atoms. The van der Waals surface area contributed by atoms with Gasteiger partial charge in [0.05, 0.1) is 13.2 Å². The molecule has 6 nitrogen and oxygen atoms in total. The van der Waals surface area contributed by atoms with Gasteiger partial charge in [-0.2, -0.15) is 0 Å². The molecule has 0 aromatic carbocycles. The Morgan fingerprint density at radius 1 is 0.833 bits per heavy atom. The molecule has 1 fully saturated rings. The summed E-state index contributed by atoms with van der Waals surface area (Å²) in [5, 5.41) is 0. The summed E-state index contributed by atoms with van der Waals surface area (Å²) in [6.45, 7) is 8.40. The first-order valence-electron chi connectivity index (χ1n) is 9.16. The molecule has 0 amide bonds. The topological polar surface area (TPSA) is 71.1 Å². The summed E-state index contributed by atoms with van der Waals surface area (Å²) in [6, 6.07) is 0. The number of ether oxygens (including phenoxy) is 4. The van der Waals surface area contributed by atoms with Gasteiger partial charge in [0.25, 0.3) is 0 Å². The standard InChI is InChI=1S/C18H32O6/c1-5-8-10-12-21-16(19)14-15(24-18(4,7-3)23-14)17(20)22-13-11-9-6-2/h14-15H,5-13H2,1-4H3/t14-,15+,18?. The SMILES string of the molecule is CCCCCOC(=O)[C@H]1OC(C)(CC)O[C@H]1C(=O)OCCCCC. The third-order valence-corrected chi connectivity index (χ3v) is 4.12. The molecule has 0 N–H and O–H groups in total. The number of hydrogen-bond acceptors (Lipinski definition) is 6. The van der Waals surface area contributed by atoms with Gasteiger partial charge in [0.15, 0.2) is 18.0 Å². The van der Waals surface area contributed by atoms with Crippen LogP contribution in [0.3, 0.4) is 0 Å². The zero-order chi connectivity index (χ0) is 18.0. The molecule has 0 spiro atoms. The molecular formula is C18H32O6. The Kier molecular flexibility index (Phi) is 9.29. The van der Waals surface area contributed by atoms with Crippen molar-refractivity contribution in [2.24, 2.45) is 0 Å². The lowest BCUT2D eigenvalue weighted by Gasteiger charge is -2.20. The summed E-state index contributed by atoms with van der Waals surface area (Å²) in [5.41, 5.74) is 0. The number of rotatable bonds is 11. The van der Waals surface area contributed by atoms with Gasteiger partial charge in [0.1, 0.15) is 0 Å². The summed E-state index contributed by atoms with van der Waals surface area (Å²) in [5.74, 6) is -2.09. The van der Waals surface area contributed by atoms with E-state index in [4.69, 9.17) is 18.9 Å². The van der Waals surface area contributed by atoms with Crippen LogP contribution in [0.1, 0.15) is 72.6 Å². The molecule has 1 heterocycles. The number of carbonyl (C=O) groups excluding carboxylic acids is 2. The lowest BCUT2D eigenvalue weighted by molar-refractivity contribution is -0.182. The van der Waals surface area contributed by atoms with Gasteiger partial charge in [-0.25, -0.2) is 9.59 Å². The monoisotopic (exact) mass is 344 g/mol. The van der Waals surface area contributed by atoms with Crippen LogP contribution in [0.4, 0.5) is 0 Å². The summed E-state index contributed by atoms with van der Waals surface area (Å²) in [7, 11) is 0. The van der Waals surface area contributed by atoms with Crippen molar-refractivity contribution in [2.75, 3.05) is 13.2 Å². The Morgan fingerprint density at radius 2 is 1.25 bits per heavy atom. The van der Waals surface area contributed by atoms with E-state index in [0.717, 1.165) is 38.5 Å². The fraction of sp³-hybridized carbons (Fsp3) is 0.889. The third-order valence-electron chi connectivity index (χ3n) is 4.12. The quantitative estimate of drug-likeness (QED) is 0.423. The molecule has 140 valence electrons. The predicted octanol–water partition coefficient (Wildman–Crippen LogP) is 3.36. The number of unbranched alkanes of at least 4 members (excludes halogenated alkanes) is 4. The van der Waals surface area contributed by atoms with Crippen LogP contribution in [0.5, 0.6) is 0 Å². The molecule has 1 saturated heterocycles. The van der Waals surface area contributed by atoms with Gasteiger partial charge >= 0.3 is 11.9 Å². The minimum absolute atomic E-state index is 0.327. The molecule has 1 aliphatic heterocycles. The molecule has 0 radical (unpaired) electrons. The summed E-state index contributed by atoms with van der Waals surface area (Å²) in [4.78, 5) is 24.5. The zero-order valence-electron chi connectivity index (χ0n) is 15.5. The van der Waals surface area contributed by atoms with E-state index < -0.39 is 29.9 Å². The molecule has 1 unspecified atom stereocenters. The molecule has 0 bridgehead atoms. The lowest BCUT2D eigenvalue weighted by atomic mass is 10.2. The first-order chi connectivity index (χ1) is 11.5. The van der Waals surface area contributed by atoms with E-state index in [-0.39, 0.29) is 0 Å². The highest BCUT2D eigenvalue weighted by Crippen LogP contribution is 2.32. The van der Waals surface area contributed by atoms with E-state index in [0.29, 0.717) is 19.6 Å². The molecule has 3 atom stereocenters.